The molecule has 0 saturated carbocycles. The van der Waals surface area contributed by atoms with Crippen molar-refractivity contribution in [1.82, 2.24) is 4.90 Å². The molecular formula is C14H21NO3S. The molecule has 1 rings (SSSR count). The van der Waals surface area contributed by atoms with Crippen LogP contribution in [0.2, 0.25) is 0 Å². The molecule has 1 N–H and O–H groups in total. The van der Waals surface area contributed by atoms with Crippen molar-refractivity contribution in [3.05, 3.63) is 22.4 Å². The highest BCUT2D eigenvalue weighted by molar-refractivity contribution is 7.09. The zero-order valence-corrected chi connectivity index (χ0v) is 12.3. The molecule has 0 aliphatic carbocycles. The Bertz CT molecular complexity index is 401. The van der Waals surface area contributed by atoms with Crippen LogP contribution < -0.4 is 0 Å². The minimum absolute atomic E-state index is 0.0624. The van der Waals surface area contributed by atoms with E-state index in [9.17, 15) is 9.59 Å². The molecule has 1 aromatic rings. The fourth-order valence-corrected chi connectivity index (χ4v) is 2.64. The summed E-state index contributed by atoms with van der Waals surface area (Å²) >= 11 is 1.69. The van der Waals surface area contributed by atoms with Crippen molar-refractivity contribution in [2.75, 3.05) is 13.1 Å². The molecule has 0 radical (unpaired) electrons. The molecule has 5 heteroatoms. The smallest absolute Gasteiger partial charge is 0.323 e. The van der Waals surface area contributed by atoms with Crippen LogP contribution in [0.3, 0.4) is 0 Å². The second-order valence-electron chi connectivity index (χ2n) is 4.99. The molecule has 19 heavy (non-hydrogen) atoms. The third kappa shape index (κ3) is 6.38. The van der Waals surface area contributed by atoms with Gasteiger partial charge >= 0.3 is 5.97 Å². The van der Waals surface area contributed by atoms with Crippen molar-refractivity contribution >= 4 is 23.2 Å². The predicted octanol–water partition coefficient (Wildman–Crippen LogP) is 2.64. The fraction of sp³-hybridized carbons (Fsp3) is 0.571. The highest BCUT2D eigenvalue weighted by Gasteiger charge is 2.17. The zero-order valence-electron chi connectivity index (χ0n) is 11.5. The summed E-state index contributed by atoms with van der Waals surface area (Å²) in [5, 5.41) is 10.8. The molecule has 1 aromatic heterocycles. The van der Waals surface area contributed by atoms with Gasteiger partial charge in [0.2, 0.25) is 5.91 Å². The highest BCUT2D eigenvalue weighted by Crippen LogP contribution is 2.13. The van der Waals surface area contributed by atoms with Gasteiger partial charge in [0, 0.05) is 17.8 Å². The molecule has 0 saturated heterocycles. The Labute approximate surface area is 118 Å². The van der Waals surface area contributed by atoms with Crippen molar-refractivity contribution in [1.29, 1.82) is 0 Å². The molecule has 0 aliphatic rings. The van der Waals surface area contributed by atoms with Gasteiger partial charge in [0.25, 0.3) is 0 Å². The largest absolute Gasteiger partial charge is 0.480 e. The van der Waals surface area contributed by atoms with Crippen molar-refractivity contribution in [2.24, 2.45) is 5.92 Å². The Morgan fingerprint density at radius 2 is 2.16 bits per heavy atom. The number of hydrogen-bond donors (Lipinski definition) is 1. The van der Waals surface area contributed by atoms with E-state index >= 15 is 0 Å². The van der Waals surface area contributed by atoms with E-state index in [2.05, 4.69) is 6.07 Å². The van der Waals surface area contributed by atoms with Crippen LogP contribution in [0, 0.1) is 5.92 Å². The quantitative estimate of drug-likeness (QED) is 0.798. The van der Waals surface area contributed by atoms with Gasteiger partial charge in [-0.05, 0) is 30.2 Å². The molecule has 0 atom stereocenters. The standard InChI is InChI=1S/C14H21NO3S/c1-11(2)9-15(10-14(17)18)13(16)7-3-5-12-6-4-8-19-12/h4,6,8,11H,3,5,7,9-10H2,1-2H3,(H,17,18). The summed E-state index contributed by atoms with van der Waals surface area (Å²) in [6.07, 6.45) is 2.07. The number of carbonyl (C=O) groups excluding carboxylic acids is 1. The van der Waals surface area contributed by atoms with Crippen LogP contribution in [-0.2, 0) is 16.0 Å². The van der Waals surface area contributed by atoms with Crippen LogP contribution in [0.4, 0.5) is 0 Å². The minimum Gasteiger partial charge on any atom is -0.480 e. The van der Waals surface area contributed by atoms with Gasteiger partial charge in [-0.3, -0.25) is 9.59 Å². The van der Waals surface area contributed by atoms with Crippen molar-refractivity contribution in [3.8, 4) is 0 Å². The topological polar surface area (TPSA) is 57.6 Å². The van der Waals surface area contributed by atoms with Gasteiger partial charge in [-0.1, -0.05) is 19.9 Å². The van der Waals surface area contributed by atoms with Gasteiger partial charge in [0.1, 0.15) is 6.54 Å². The maximum atomic E-state index is 12.0. The van der Waals surface area contributed by atoms with E-state index in [1.54, 1.807) is 11.3 Å². The van der Waals surface area contributed by atoms with E-state index in [0.29, 0.717) is 13.0 Å². The number of carboxylic acid groups (broad SMARTS) is 1. The molecule has 1 amide bonds. The van der Waals surface area contributed by atoms with Crippen molar-refractivity contribution in [3.63, 3.8) is 0 Å². The summed E-state index contributed by atoms with van der Waals surface area (Å²) in [6.45, 7) is 4.27. The average Bonchev–Trinajstić information content (AvgIpc) is 2.79. The number of carbonyl (C=O) groups is 2. The lowest BCUT2D eigenvalue weighted by molar-refractivity contribution is -0.144. The molecular weight excluding hydrogens is 262 g/mol. The predicted molar refractivity (Wildman–Crippen MR) is 76.3 cm³/mol. The van der Waals surface area contributed by atoms with Crippen molar-refractivity contribution < 1.29 is 14.7 Å². The number of rotatable bonds is 8. The summed E-state index contributed by atoms with van der Waals surface area (Å²) in [5.41, 5.74) is 0. The van der Waals surface area contributed by atoms with Gasteiger partial charge < -0.3 is 10.0 Å². The molecule has 0 spiro atoms. The van der Waals surface area contributed by atoms with E-state index in [-0.39, 0.29) is 18.4 Å². The van der Waals surface area contributed by atoms with E-state index < -0.39 is 5.97 Å². The minimum atomic E-state index is -0.952. The monoisotopic (exact) mass is 283 g/mol. The molecule has 0 fully saturated rings. The number of aryl methyl sites for hydroxylation is 1. The first-order chi connectivity index (χ1) is 8.99. The molecule has 0 unspecified atom stereocenters. The average molecular weight is 283 g/mol. The Balaban J connectivity index is 2.40. The second kappa shape index (κ2) is 7.94. The maximum Gasteiger partial charge on any atom is 0.323 e. The lowest BCUT2D eigenvalue weighted by Gasteiger charge is -2.22. The molecule has 0 aliphatic heterocycles. The van der Waals surface area contributed by atoms with Gasteiger partial charge in [-0.25, -0.2) is 0 Å². The molecule has 106 valence electrons. The van der Waals surface area contributed by atoms with Crippen LogP contribution in [-0.4, -0.2) is 35.0 Å². The SMILES string of the molecule is CC(C)CN(CC(=O)O)C(=O)CCCc1cccs1. The summed E-state index contributed by atoms with van der Waals surface area (Å²) in [5.74, 6) is -0.736. The second-order valence-corrected chi connectivity index (χ2v) is 6.03. The van der Waals surface area contributed by atoms with E-state index in [4.69, 9.17) is 5.11 Å². The van der Waals surface area contributed by atoms with Crippen LogP contribution in [0.5, 0.6) is 0 Å². The van der Waals surface area contributed by atoms with Crippen LogP contribution in [0.1, 0.15) is 31.6 Å². The lowest BCUT2D eigenvalue weighted by atomic mass is 10.1. The van der Waals surface area contributed by atoms with Crippen LogP contribution >= 0.6 is 11.3 Å². The summed E-state index contributed by atoms with van der Waals surface area (Å²) in [4.78, 5) is 25.5. The van der Waals surface area contributed by atoms with Gasteiger partial charge in [-0.15, -0.1) is 11.3 Å². The first-order valence-electron chi connectivity index (χ1n) is 6.51. The molecule has 0 aromatic carbocycles. The number of thiophene rings is 1. The number of hydrogen-bond acceptors (Lipinski definition) is 3. The molecule has 1 heterocycles. The van der Waals surface area contributed by atoms with Crippen LogP contribution in [0.15, 0.2) is 17.5 Å². The summed E-state index contributed by atoms with van der Waals surface area (Å²) < 4.78 is 0. The summed E-state index contributed by atoms with van der Waals surface area (Å²) in [6, 6.07) is 4.05. The van der Waals surface area contributed by atoms with Crippen molar-refractivity contribution in [2.45, 2.75) is 33.1 Å². The number of nitrogens with zero attached hydrogens (tertiary/aromatic N) is 1. The normalized spacial score (nSPS) is 10.7. The van der Waals surface area contributed by atoms with Gasteiger partial charge in [-0.2, -0.15) is 0 Å². The number of carboxylic acids is 1. The zero-order chi connectivity index (χ0) is 14.3. The first kappa shape index (κ1) is 15.7. The third-order valence-corrected chi connectivity index (χ3v) is 3.59. The maximum absolute atomic E-state index is 12.0. The fourth-order valence-electron chi connectivity index (χ4n) is 1.89. The van der Waals surface area contributed by atoms with E-state index in [1.165, 1.54) is 9.78 Å². The lowest BCUT2D eigenvalue weighted by Crippen LogP contribution is -2.38. The Kier molecular flexibility index (Phi) is 6.56. The van der Waals surface area contributed by atoms with Gasteiger partial charge in [0.15, 0.2) is 0 Å². The Hall–Kier alpha value is -1.36. The van der Waals surface area contributed by atoms with Gasteiger partial charge in [0.05, 0.1) is 0 Å². The molecule has 4 nitrogen and oxygen atoms in total. The number of aliphatic carboxylic acids is 1. The first-order valence-corrected chi connectivity index (χ1v) is 7.39. The van der Waals surface area contributed by atoms with E-state index in [1.807, 2.05) is 25.3 Å². The van der Waals surface area contributed by atoms with E-state index in [0.717, 1.165) is 12.8 Å². The number of amides is 1. The summed E-state index contributed by atoms with van der Waals surface area (Å²) in [7, 11) is 0. The third-order valence-electron chi connectivity index (χ3n) is 2.66. The Morgan fingerprint density at radius 3 is 2.68 bits per heavy atom. The highest BCUT2D eigenvalue weighted by atomic mass is 32.1. The Morgan fingerprint density at radius 1 is 1.42 bits per heavy atom. The van der Waals surface area contributed by atoms with Crippen LogP contribution in [0.25, 0.3) is 0 Å². The molecule has 0 bridgehead atoms.